The maximum atomic E-state index is 13.0. The molecule has 2 aliphatic heterocycles. The van der Waals surface area contributed by atoms with Crippen molar-refractivity contribution >= 4 is 21.1 Å². The zero-order valence-corrected chi connectivity index (χ0v) is 19.1. The van der Waals surface area contributed by atoms with Gasteiger partial charge >= 0.3 is 0 Å². The molecule has 1 atom stereocenters. The van der Waals surface area contributed by atoms with Gasteiger partial charge in [-0.15, -0.1) is 0 Å². The summed E-state index contributed by atoms with van der Waals surface area (Å²) >= 11 is 0. The van der Waals surface area contributed by atoms with Crippen LogP contribution in [0.3, 0.4) is 0 Å². The van der Waals surface area contributed by atoms with Crippen LogP contribution in [0.2, 0.25) is 0 Å². The molecule has 0 amide bonds. The summed E-state index contributed by atoms with van der Waals surface area (Å²) < 4.78 is 31.3. The van der Waals surface area contributed by atoms with E-state index in [1.165, 1.54) is 0 Å². The van der Waals surface area contributed by atoms with Gasteiger partial charge in [0.15, 0.2) is 0 Å². The summed E-state index contributed by atoms with van der Waals surface area (Å²) in [7, 11) is -1.34. The topological polar surface area (TPSA) is 69.0 Å². The number of fused-ring (bicyclic) bond motifs is 1. The molecule has 8 heteroatoms. The molecule has 166 valence electrons. The van der Waals surface area contributed by atoms with Gasteiger partial charge in [0.2, 0.25) is 0 Å². The van der Waals surface area contributed by atoms with E-state index in [0.717, 1.165) is 35.0 Å². The summed E-state index contributed by atoms with van der Waals surface area (Å²) in [5.74, 6) is 0.604. The number of nitrogens with zero attached hydrogens (tertiary/aromatic N) is 4. The van der Waals surface area contributed by atoms with Crippen LogP contribution in [0.5, 0.6) is 0 Å². The number of aliphatic hydroxyl groups is 1. The number of piperazine rings is 1. The van der Waals surface area contributed by atoms with Gasteiger partial charge in [-0.1, -0.05) is 25.1 Å². The number of rotatable bonds is 5. The Morgan fingerprint density at radius 2 is 1.63 bits per heavy atom. The average Bonchev–Trinajstić information content (AvgIpc) is 2.99. The van der Waals surface area contributed by atoms with Crippen LogP contribution in [0.15, 0.2) is 24.3 Å². The summed E-state index contributed by atoms with van der Waals surface area (Å²) in [6.07, 6.45) is 1.29. The second kappa shape index (κ2) is 8.59. The Labute approximate surface area is 180 Å². The Bertz CT molecular complexity index is 987. The van der Waals surface area contributed by atoms with Crippen LogP contribution in [0.4, 0.5) is 0 Å². The molecule has 1 N–H and O–H groups in total. The maximum absolute atomic E-state index is 13.0. The minimum atomic E-state index is -3.37. The predicted octanol–water partition coefficient (Wildman–Crippen LogP) is 2.11. The lowest BCUT2D eigenvalue weighted by atomic mass is 10.0. The van der Waals surface area contributed by atoms with Gasteiger partial charge in [0.1, 0.15) is 0 Å². The second-order valence-electron chi connectivity index (χ2n) is 8.88. The van der Waals surface area contributed by atoms with Gasteiger partial charge in [0.25, 0.3) is 10.2 Å². The number of para-hydroxylation sites is 1. The molecular weight excluding hydrogens is 400 g/mol. The van der Waals surface area contributed by atoms with E-state index in [-0.39, 0.29) is 0 Å². The number of aromatic nitrogens is 1. The van der Waals surface area contributed by atoms with E-state index in [0.29, 0.717) is 51.7 Å². The molecule has 2 aromatic rings. The fraction of sp³-hybridized carbons (Fsp3) is 0.636. The highest BCUT2D eigenvalue weighted by molar-refractivity contribution is 7.86. The molecule has 0 saturated carbocycles. The Morgan fingerprint density at radius 1 is 1.03 bits per heavy atom. The first kappa shape index (κ1) is 21.8. The van der Waals surface area contributed by atoms with Crippen molar-refractivity contribution in [1.82, 2.24) is 18.1 Å². The normalized spacial score (nSPS) is 22.0. The summed E-state index contributed by atoms with van der Waals surface area (Å²) in [4.78, 5) is 2.18. The van der Waals surface area contributed by atoms with Gasteiger partial charge in [-0.25, -0.2) is 0 Å². The minimum Gasteiger partial charge on any atom is -0.387 e. The van der Waals surface area contributed by atoms with Crippen molar-refractivity contribution in [2.24, 2.45) is 13.0 Å². The van der Waals surface area contributed by atoms with E-state index in [1.54, 1.807) is 8.61 Å². The lowest BCUT2D eigenvalue weighted by Crippen LogP contribution is -2.54. The van der Waals surface area contributed by atoms with Crippen molar-refractivity contribution < 1.29 is 13.5 Å². The Kier molecular flexibility index (Phi) is 6.23. The molecule has 2 fully saturated rings. The van der Waals surface area contributed by atoms with E-state index in [2.05, 4.69) is 28.5 Å². The first-order valence-electron chi connectivity index (χ1n) is 11.0. The molecule has 0 aliphatic carbocycles. The SMILES string of the molecule is Cc1c([C@@H](O)CN2CCN(S(=O)(=O)N3CCC(C)CC3)CC2)c2ccccc2n1C. The van der Waals surface area contributed by atoms with Gasteiger partial charge in [0, 0.05) is 75.0 Å². The van der Waals surface area contributed by atoms with E-state index in [1.807, 2.05) is 26.1 Å². The molecular formula is C22H34N4O3S. The molecule has 2 aliphatic rings. The number of aliphatic hydroxyl groups excluding tert-OH is 1. The lowest BCUT2D eigenvalue weighted by molar-refractivity contribution is 0.0906. The van der Waals surface area contributed by atoms with Gasteiger partial charge in [-0.05, 0) is 31.7 Å². The van der Waals surface area contributed by atoms with Gasteiger partial charge in [-0.2, -0.15) is 17.0 Å². The summed E-state index contributed by atoms with van der Waals surface area (Å²) in [6.45, 7) is 8.25. The summed E-state index contributed by atoms with van der Waals surface area (Å²) in [5, 5.41) is 12.1. The van der Waals surface area contributed by atoms with Gasteiger partial charge in [0.05, 0.1) is 6.10 Å². The van der Waals surface area contributed by atoms with Crippen molar-refractivity contribution in [3.05, 3.63) is 35.5 Å². The van der Waals surface area contributed by atoms with E-state index in [9.17, 15) is 13.5 Å². The minimum absolute atomic E-state index is 0.482. The van der Waals surface area contributed by atoms with E-state index >= 15 is 0 Å². The highest BCUT2D eigenvalue weighted by Crippen LogP contribution is 2.31. The zero-order chi connectivity index (χ0) is 21.5. The molecule has 0 unspecified atom stereocenters. The first-order chi connectivity index (χ1) is 14.3. The van der Waals surface area contributed by atoms with Crippen molar-refractivity contribution in [1.29, 1.82) is 0 Å². The average molecular weight is 435 g/mol. The van der Waals surface area contributed by atoms with Gasteiger partial charge < -0.3 is 9.67 Å². The Hall–Kier alpha value is -1.45. The summed E-state index contributed by atoms with van der Waals surface area (Å²) in [5.41, 5.74) is 3.17. The van der Waals surface area contributed by atoms with E-state index in [4.69, 9.17) is 0 Å². The molecule has 4 rings (SSSR count). The van der Waals surface area contributed by atoms with Crippen LogP contribution in [-0.4, -0.2) is 77.4 Å². The molecule has 30 heavy (non-hydrogen) atoms. The van der Waals surface area contributed by atoms with Crippen LogP contribution < -0.4 is 0 Å². The molecule has 0 spiro atoms. The van der Waals surface area contributed by atoms with Gasteiger partial charge in [-0.3, -0.25) is 4.90 Å². The number of β-amino-alcohol motifs (C(OH)–C–C–N with tert-alkyl or cyclic N) is 1. The van der Waals surface area contributed by atoms with E-state index < -0.39 is 16.3 Å². The van der Waals surface area contributed by atoms with Crippen LogP contribution in [0.1, 0.15) is 37.1 Å². The standard InChI is InChI=1S/C22H34N4O3S/c1-17-8-10-25(11-9-17)30(28,29)26-14-12-24(13-15-26)16-21(27)22-18(2)23(3)20-7-5-4-6-19(20)22/h4-7,17,21,27H,8-16H2,1-3H3/t21-/m0/s1. The molecule has 7 nitrogen and oxygen atoms in total. The largest absolute Gasteiger partial charge is 0.387 e. The van der Waals surface area contributed by atoms with Crippen LogP contribution in [0, 0.1) is 12.8 Å². The maximum Gasteiger partial charge on any atom is 0.282 e. The molecule has 0 radical (unpaired) electrons. The number of benzene rings is 1. The molecule has 3 heterocycles. The molecule has 0 bridgehead atoms. The highest BCUT2D eigenvalue weighted by Gasteiger charge is 2.34. The lowest BCUT2D eigenvalue weighted by Gasteiger charge is -2.39. The second-order valence-corrected chi connectivity index (χ2v) is 10.8. The van der Waals surface area contributed by atoms with Crippen LogP contribution >= 0.6 is 0 Å². The quantitative estimate of drug-likeness (QED) is 0.783. The number of piperidine rings is 1. The zero-order valence-electron chi connectivity index (χ0n) is 18.3. The third-order valence-corrected chi connectivity index (χ3v) is 8.97. The molecule has 1 aromatic carbocycles. The molecule has 2 saturated heterocycles. The molecule has 1 aromatic heterocycles. The summed E-state index contributed by atoms with van der Waals surface area (Å²) in [6, 6.07) is 8.15. The third-order valence-electron chi connectivity index (χ3n) is 6.94. The van der Waals surface area contributed by atoms with Crippen molar-refractivity contribution in [3.63, 3.8) is 0 Å². The Balaban J connectivity index is 1.39. The van der Waals surface area contributed by atoms with Crippen molar-refractivity contribution in [2.75, 3.05) is 45.8 Å². The predicted molar refractivity (Wildman–Crippen MR) is 120 cm³/mol. The highest BCUT2D eigenvalue weighted by atomic mass is 32.2. The van der Waals surface area contributed by atoms with Crippen molar-refractivity contribution in [2.45, 2.75) is 32.8 Å². The smallest absolute Gasteiger partial charge is 0.282 e. The Morgan fingerprint density at radius 3 is 2.30 bits per heavy atom. The van der Waals surface area contributed by atoms with Crippen LogP contribution in [0.25, 0.3) is 10.9 Å². The van der Waals surface area contributed by atoms with Crippen LogP contribution in [-0.2, 0) is 17.3 Å². The number of hydrogen-bond donors (Lipinski definition) is 1. The fourth-order valence-electron chi connectivity index (χ4n) is 4.83. The number of aryl methyl sites for hydroxylation is 1. The van der Waals surface area contributed by atoms with Crippen molar-refractivity contribution in [3.8, 4) is 0 Å². The number of hydrogen-bond acceptors (Lipinski definition) is 4. The third kappa shape index (κ3) is 4.03. The monoisotopic (exact) mass is 434 g/mol. The fourth-order valence-corrected chi connectivity index (χ4v) is 6.45. The first-order valence-corrected chi connectivity index (χ1v) is 12.4.